The molecule has 0 aliphatic carbocycles. The Labute approximate surface area is 157 Å². The van der Waals surface area contributed by atoms with Crippen LogP contribution < -0.4 is 21.1 Å². The first-order valence-electron chi connectivity index (χ1n) is 7.61. The largest absolute Gasteiger partial charge is 0.481 e. The van der Waals surface area contributed by atoms with Crippen LogP contribution in [0.2, 0.25) is 0 Å². The van der Waals surface area contributed by atoms with Gasteiger partial charge in [0.1, 0.15) is 10.8 Å². The average Bonchev–Trinajstić information content (AvgIpc) is 3.05. The molecule has 4 N–H and O–H groups in total. The number of halogens is 1. The second-order valence-corrected chi connectivity index (χ2v) is 6.24. The molecule has 0 saturated heterocycles. The molecule has 2 aromatic heterocycles. The summed E-state index contributed by atoms with van der Waals surface area (Å²) in [5.41, 5.74) is 6.10. The normalized spacial score (nSPS) is 10.3. The first-order chi connectivity index (χ1) is 13.0. The first-order valence-corrected chi connectivity index (χ1v) is 8.42. The quantitative estimate of drug-likeness (QED) is 0.598. The zero-order chi connectivity index (χ0) is 19.4. The number of hydrogen-bond acceptors (Lipinski definition) is 7. The Balaban J connectivity index is 1.81. The molecule has 10 heteroatoms. The van der Waals surface area contributed by atoms with E-state index in [1.165, 1.54) is 37.6 Å². The number of nitrogens with zero attached hydrogens (tertiary/aromatic N) is 2. The number of rotatable bonds is 6. The third-order valence-corrected chi connectivity index (χ3v) is 4.28. The maximum absolute atomic E-state index is 13.0. The van der Waals surface area contributed by atoms with E-state index in [-0.39, 0.29) is 16.3 Å². The molecule has 0 aliphatic heterocycles. The highest BCUT2D eigenvalue weighted by Crippen LogP contribution is 2.31. The minimum absolute atomic E-state index is 0.0839. The summed E-state index contributed by atoms with van der Waals surface area (Å²) in [6, 6.07) is 8.37. The van der Waals surface area contributed by atoms with Gasteiger partial charge in [0.05, 0.1) is 19.0 Å². The van der Waals surface area contributed by atoms with Gasteiger partial charge in [-0.3, -0.25) is 9.59 Å². The van der Waals surface area contributed by atoms with E-state index in [9.17, 15) is 14.0 Å². The first kappa shape index (κ1) is 18.3. The van der Waals surface area contributed by atoms with Gasteiger partial charge in [0.2, 0.25) is 5.88 Å². The molecule has 0 fully saturated rings. The van der Waals surface area contributed by atoms with Crippen LogP contribution in [-0.4, -0.2) is 28.9 Å². The van der Waals surface area contributed by atoms with Gasteiger partial charge in [0.15, 0.2) is 10.8 Å². The van der Waals surface area contributed by atoms with E-state index in [0.29, 0.717) is 16.7 Å². The van der Waals surface area contributed by atoms with Gasteiger partial charge in [-0.15, -0.1) is 0 Å². The number of nitrogens with two attached hydrogens (primary N) is 1. The van der Waals surface area contributed by atoms with Crippen molar-refractivity contribution in [2.75, 3.05) is 17.7 Å². The predicted molar refractivity (Wildman–Crippen MR) is 99.1 cm³/mol. The second kappa shape index (κ2) is 7.79. The molecule has 27 heavy (non-hydrogen) atoms. The number of carbonyl (C=O) groups is 2. The minimum Gasteiger partial charge on any atom is -0.481 e. The molecule has 0 unspecified atom stereocenters. The number of hydrogen-bond donors (Lipinski definition) is 3. The molecule has 1 aromatic carbocycles. The Kier molecular flexibility index (Phi) is 5.27. The highest BCUT2D eigenvalue weighted by Gasteiger charge is 2.19. The summed E-state index contributed by atoms with van der Waals surface area (Å²) in [5.74, 6) is -1.31. The maximum Gasteiger partial charge on any atom is 0.270 e. The molecular weight excluding hydrogens is 373 g/mol. The number of nitrogens with one attached hydrogen (secondary N) is 2. The fourth-order valence-corrected chi connectivity index (χ4v) is 2.99. The van der Waals surface area contributed by atoms with Crippen molar-refractivity contribution in [3.8, 4) is 5.88 Å². The van der Waals surface area contributed by atoms with Gasteiger partial charge in [-0.25, -0.2) is 14.4 Å². The fraction of sp³-hybridized carbons (Fsp3) is 0.0588. The Bertz CT molecular complexity index is 973. The molecule has 2 heterocycles. The van der Waals surface area contributed by atoms with Crippen LogP contribution in [0, 0.1) is 5.82 Å². The minimum atomic E-state index is -0.790. The van der Waals surface area contributed by atoms with Crippen molar-refractivity contribution >= 4 is 39.0 Å². The third-order valence-electron chi connectivity index (χ3n) is 3.39. The molecule has 0 spiro atoms. The summed E-state index contributed by atoms with van der Waals surface area (Å²) in [7, 11) is 1.51. The molecule has 0 saturated carbocycles. The van der Waals surface area contributed by atoms with Crippen molar-refractivity contribution in [1.29, 1.82) is 0 Å². The number of thiazole rings is 1. The van der Waals surface area contributed by atoms with Crippen molar-refractivity contribution in [2.24, 2.45) is 5.73 Å². The molecule has 8 nitrogen and oxygen atoms in total. The molecule has 0 bridgehead atoms. The topological polar surface area (TPSA) is 119 Å². The molecule has 3 rings (SSSR count). The van der Waals surface area contributed by atoms with Crippen LogP contribution in [0.15, 0.2) is 42.6 Å². The van der Waals surface area contributed by atoms with Crippen LogP contribution in [0.5, 0.6) is 5.88 Å². The smallest absolute Gasteiger partial charge is 0.270 e. The molecule has 138 valence electrons. The van der Waals surface area contributed by atoms with E-state index in [2.05, 4.69) is 20.6 Å². The van der Waals surface area contributed by atoms with Gasteiger partial charge in [0.25, 0.3) is 11.8 Å². The van der Waals surface area contributed by atoms with Gasteiger partial charge < -0.3 is 21.1 Å². The molecular formula is C17H14FN5O3S. The Morgan fingerprint density at radius 3 is 2.52 bits per heavy atom. The summed E-state index contributed by atoms with van der Waals surface area (Å²) >= 11 is 1.03. The zero-order valence-electron chi connectivity index (χ0n) is 14.0. The van der Waals surface area contributed by atoms with E-state index in [0.717, 1.165) is 11.3 Å². The Morgan fingerprint density at radius 1 is 1.19 bits per heavy atom. The standard InChI is InChI=1S/C17H14FN5O3S/c1-26-12-7-6-11(8-20-12)21-17-22-13(14(19)24)16(27-17)23-15(25)9-2-4-10(18)5-3-9/h2-8H,1H3,(H2,19,24)(H,21,22)(H,23,25). The van der Waals surface area contributed by atoms with Gasteiger partial charge in [-0.1, -0.05) is 11.3 Å². The van der Waals surface area contributed by atoms with Crippen molar-refractivity contribution in [2.45, 2.75) is 0 Å². The average molecular weight is 387 g/mol. The molecule has 0 radical (unpaired) electrons. The maximum atomic E-state index is 13.0. The number of methoxy groups -OCH3 is 1. The lowest BCUT2D eigenvalue weighted by molar-refractivity contribution is 0.0997. The molecule has 2 amide bonds. The van der Waals surface area contributed by atoms with Crippen molar-refractivity contribution in [3.05, 3.63) is 59.7 Å². The van der Waals surface area contributed by atoms with Crippen LogP contribution in [0.25, 0.3) is 0 Å². The van der Waals surface area contributed by atoms with Gasteiger partial charge >= 0.3 is 0 Å². The van der Waals surface area contributed by atoms with E-state index >= 15 is 0 Å². The SMILES string of the molecule is COc1ccc(Nc2nc(C(N)=O)c(NC(=O)c3ccc(F)cc3)s2)cn1. The molecule has 0 aliphatic rings. The number of aromatic nitrogens is 2. The lowest BCUT2D eigenvalue weighted by Gasteiger charge is -2.03. The number of amides is 2. The molecule has 3 aromatic rings. The van der Waals surface area contributed by atoms with E-state index in [4.69, 9.17) is 10.5 Å². The lowest BCUT2D eigenvalue weighted by atomic mass is 10.2. The Morgan fingerprint density at radius 2 is 1.93 bits per heavy atom. The predicted octanol–water partition coefficient (Wildman–Crippen LogP) is 2.78. The summed E-state index contributed by atoms with van der Waals surface area (Å²) in [6.07, 6.45) is 1.53. The van der Waals surface area contributed by atoms with E-state index in [1.54, 1.807) is 12.1 Å². The Hall–Kier alpha value is -3.53. The van der Waals surface area contributed by atoms with E-state index in [1.807, 2.05) is 0 Å². The summed E-state index contributed by atoms with van der Waals surface area (Å²) in [5, 5.41) is 6.06. The van der Waals surface area contributed by atoms with Crippen LogP contribution in [0.1, 0.15) is 20.8 Å². The van der Waals surface area contributed by atoms with Crippen LogP contribution in [0.4, 0.5) is 20.2 Å². The van der Waals surface area contributed by atoms with Crippen molar-refractivity contribution in [3.63, 3.8) is 0 Å². The summed E-state index contributed by atoms with van der Waals surface area (Å²) < 4.78 is 18.0. The fourth-order valence-electron chi connectivity index (χ4n) is 2.10. The van der Waals surface area contributed by atoms with Gasteiger partial charge in [-0.05, 0) is 30.3 Å². The molecule has 0 atom stereocenters. The van der Waals surface area contributed by atoms with Gasteiger partial charge in [-0.2, -0.15) is 0 Å². The second-order valence-electron chi connectivity index (χ2n) is 5.24. The zero-order valence-corrected chi connectivity index (χ0v) is 14.8. The van der Waals surface area contributed by atoms with Gasteiger partial charge in [0, 0.05) is 11.6 Å². The third kappa shape index (κ3) is 4.36. The lowest BCUT2D eigenvalue weighted by Crippen LogP contribution is -2.17. The number of primary amides is 1. The van der Waals surface area contributed by atoms with Crippen molar-refractivity contribution < 1.29 is 18.7 Å². The summed E-state index contributed by atoms with van der Waals surface area (Å²) in [6.45, 7) is 0. The number of anilines is 3. The highest BCUT2D eigenvalue weighted by atomic mass is 32.1. The number of pyridine rings is 1. The van der Waals surface area contributed by atoms with Crippen LogP contribution >= 0.6 is 11.3 Å². The number of carbonyl (C=O) groups excluding carboxylic acids is 2. The number of ether oxygens (including phenoxy) is 1. The van der Waals surface area contributed by atoms with Crippen molar-refractivity contribution in [1.82, 2.24) is 9.97 Å². The van der Waals surface area contributed by atoms with Crippen LogP contribution in [-0.2, 0) is 0 Å². The highest BCUT2D eigenvalue weighted by molar-refractivity contribution is 7.20. The number of benzene rings is 1. The van der Waals surface area contributed by atoms with Crippen LogP contribution in [0.3, 0.4) is 0 Å². The summed E-state index contributed by atoms with van der Waals surface area (Å²) in [4.78, 5) is 32.1. The van der Waals surface area contributed by atoms with E-state index < -0.39 is 17.6 Å². The monoisotopic (exact) mass is 387 g/mol.